The average Bonchev–Trinajstić information content (AvgIpc) is 2.76. The van der Waals surface area contributed by atoms with E-state index in [9.17, 15) is 0 Å². The molecule has 1 aliphatic rings. The van der Waals surface area contributed by atoms with Crippen LogP contribution in [0.15, 0.2) is 11.2 Å². The summed E-state index contributed by atoms with van der Waals surface area (Å²) in [5.74, 6) is 1.77. The van der Waals surface area contributed by atoms with Gasteiger partial charge in [-0.3, -0.25) is 0 Å². The van der Waals surface area contributed by atoms with Crippen LogP contribution in [-0.4, -0.2) is 29.3 Å². The van der Waals surface area contributed by atoms with E-state index >= 15 is 0 Å². The Morgan fingerprint density at radius 2 is 2.38 bits per heavy atom. The average molecular weight is 258 g/mol. The number of aromatic nitrogens is 2. The first kappa shape index (κ1) is 12.0. The summed E-state index contributed by atoms with van der Waals surface area (Å²) < 4.78 is 0. The maximum Gasteiger partial charge on any atom is 0.190 e. The largest absolute Gasteiger partial charge is 0.356 e. The van der Waals surface area contributed by atoms with E-state index in [1.54, 1.807) is 0 Å². The van der Waals surface area contributed by atoms with Gasteiger partial charge in [0.2, 0.25) is 0 Å². The molecule has 0 N–H and O–H groups in total. The van der Waals surface area contributed by atoms with Crippen LogP contribution in [0.2, 0.25) is 5.15 Å². The lowest BCUT2D eigenvalue weighted by atomic mass is 10.1. The molecule has 88 valence electrons. The molecule has 1 unspecified atom stereocenters. The highest BCUT2D eigenvalue weighted by Crippen LogP contribution is 2.26. The van der Waals surface area contributed by atoms with E-state index in [-0.39, 0.29) is 0 Å². The molecule has 0 amide bonds. The zero-order valence-electron chi connectivity index (χ0n) is 9.61. The highest BCUT2D eigenvalue weighted by Gasteiger charge is 2.22. The third-order valence-corrected chi connectivity index (χ3v) is 3.77. The first-order valence-corrected chi connectivity index (χ1v) is 7.16. The van der Waals surface area contributed by atoms with Crippen LogP contribution < -0.4 is 4.90 Å². The minimum atomic E-state index is 0.536. The van der Waals surface area contributed by atoms with Gasteiger partial charge in [0.1, 0.15) is 11.0 Å². The molecule has 0 bridgehead atoms. The van der Waals surface area contributed by atoms with E-state index in [1.165, 1.54) is 24.6 Å². The predicted molar refractivity (Wildman–Crippen MR) is 69.4 cm³/mol. The lowest BCUT2D eigenvalue weighted by Crippen LogP contribution is -2.21. The van der Waals surface area contributed by atoms with Crippen molar-refractivity contribution < 1.29 is 0 Å². The summed E-state index contributed by atoms with van der Waals surface area (Å²) in [5, 5.41) is 1.29. The van der Waals surface area contributed by atoms with Gasteiger partial charge in [-0.15, -0.1) is 0 Å². The van der Waals surface area contributed by atoms with E-state index in [1.807, 2.05) is 12.3 Å². The molecule has 3 nitrogen and oxygen atoms in total. The van der Waals surface area contributed by atoms with E-state index in [4.69, 9.17) is 11.6 Å². The maximum absolute atomic E-state index is 5.99. The second-order valence-corrected chi connectivity index (χ2v) is 5.21. The van der Waals surface area contributed by atoms with Gasteiger partial charge in [0.05, 0.1) is 0 Å². The number of hydrogen-bond acceptors (Lipinski definition) is 4. The SMILES string of the molecule is CCC1CCN(c2cc(Cl)nc(SC)n2)C1. The number of hydrogen-bond donors (Lipinski definition) is 0. The van der Waals surface area contributed by atoms with Gasteiger partial charge in [0.15, 0.2) is 5.16 Å². The number of anilines is 1. The van der Waals surface area contributed by atoms with Crippen molar-refractivity contribution in [3.8, 4) is 0 Å². The van der Waals surface area contributed by atoms with Crippen LogP contribution in [-0.2, 0) is 0 Å². The summed E-state index contributed by atoms with van der Waals surface area (Å²) in [4.78, 5) is 11.0. The van der Waals surface area contributed by atoms with Gasteiger partial charge < -0.3 is 4.90 Å². The van der Waals surface area contributed by atoms with Gasteiger partial charge in [0, 0.05) is 19.2 Å². The number of thioether (sulfide) groups is 1. The first-order valence-electron chi connectivity index (χ1n) is 5.56. The van der Waals surface area contributed by atoms with E-state index in [2.05, 4.69) is 21.8 Å². The third-order valence-electron chi connectivity index (χ3n) is 3.03. The third kappa shape index (κ3) is 2.61. The first-order chi connectivity index (χ1) is 7.72. The Labute approximate surface area is 106 Å². The van der Waals surface area contributed by atoms with E-state index < -0.39 is 0 Å². The summed E-state index contributed by atoms with van der Waals surface area (Å²) in [6, 6.07) is 1.86. The van der Waals surface area contributed by atoms with Gasteiger partial charge in [0.25, 0.3) is 0 Å². The molecule has 1 atom stereocenters. The minimum absolute atomic E-state index is 0.536. The molecule has 2 heterocycles. The molecule has 1 aliphatic heterocycles. The number of halogens is 1. The molecule has 1 aromatic heterocycles. The zero-order chi connectivity index (χ0) is 11.5. The second kappa shape index (κ2) is 5.23. The molecule has 2 rings (SSSR count). The Morgan fingerprint density at radius 1 is 1.56 bits per heavy atom. The smallest absolute Gasteiger partial charge is 0.190 e. The highest BCUT2D eigenvalue weighted by atomic mass is 35.5. The Hall–Kier alpha value is -0.480. The van der Waals surface area contributed by atoms with Crippen LogP contribution in [0.1, 0.15) is 19.8 Å². The second-order valence-electron chi connectivity index (χ2n) is 4.04. The van der Waals surface area contributed by atoms with Gasteiger partial charge >= 0.3 is 0 Å². The van der Waals surface area contributed by atoms with Gasteiger partial charge in [-0.05, 0) is 18.6 Å². The number of rotatable bonds is 3. The molecule has 0 spiro atoms. The lowest BCUT2D eigenvalue weighted by molar-refractivity contribution is 0.568. The topological polar surface area (TPSA) is 29.0 Å². The van der Waals surface area contributed by atoms with Crippen LogP contribution in [0.4, 0.5) is 5.82 Å². The molecule has 1 saturated heterocycles. The van der Waals surface area contributed by atoms with Gasteiger partial charge in [-0.2, -0.15) is 0 Å². The van der Waals surface area contributed by atoms with Crippen LogP contribution in [0.3, 0.4) is 0 Å². The summed E-state index contributed by atoms with van der Waals surface area (Å²) in [6.45, 7) is 4.42. The van der Waals surface area contributed by atoms with Crippen molar-refractivity contribution in [3.05, 3.63) is 11.2 Å². The summed E-state index contributed by atoms with van der Waals surface area (Å²) in [6.07, 6.45) is 4.46. The monoisotopic (exact) mass is 257 g/mol. The molecule has 16 heavy (non-hydrogen) atoms. The van der Waals surface area contributed by atoms with Crippen LogP contribution >= 0.6 is 23.4 Å². The van der Waals surface area contributed by atoms with Crippen molar-refractivity contribution in [2.45, 2.75) is 24.9 Å². The summed E-state index contributed by atoms with van der Waals surface area (Å²) in [5.41, 5.74) is 0. The van der Waals surface area contributed by atoms with Gasteiger partial charge in [-0.1, -0.05) is 36.7 Å². The van der Waals surface area contributed by atoms with E-state index in [0.717, 1.165) is 30.0 Å². The van der Waals surface area contributed by atoms with E-state index in [0.29, 0.717) is 5.15 Å². The molecule has 1 aromatic rings. The predicted octanol–water partition coefficient (Wildman–Crippen LogP) is 3.09. The zero-order valence-corrected chi connectivity index (χ0v) is 11.2. The summed E-state index contributed by atoms with van der Waals surface area (Å²) in [7, 11) is 0. The van der Waals surface area contributed by atoms with Crippen molar-refractivity contribution in [1.29, 1.82) is 0 Å². The quantitative estimate of drug-likeness (QED) is 0.473. The Balaban J connectivity index is 2.17. The number of nitrogens with zero attached hydrogens (tertiary/aromatic N) is 3. The normalized spacial score (nSPS) is 20.4. The van der Waals surface area contributed by atoms with Crippen molar-refractivity contribution in [3.63, 3.8) is 0 Å². The maximum atomic E-state index is 5.99. The van der Waals surface area contributed by atoms with Crippen molar-refractivity contribution in [2.75, 3.05) is 24.2 Å². The van der Waals surface area contributed by atoms with Crippen molar-refractivity contribution in [2.24, 2.45) is 5.92 Å². The molecule has 5 heteroatoms. The summed E-state index contributed by atoms with van der Waals surface area (Å²) >= 11 is 7.52. The molecule has 1 fully saturated rings. The molecular weight excluding hydrogens is 242 g/mol. The lowest BCUT2D eigenvalue weighted by Gasteiger charge is -2.17. The fourth-order valence-corrected chi connectivity index (χ4v) is 2.61. The standard InChI is InChI=1S/C11H16ClN3S/c1-3-8-4-5-15(7-8)10-6-9(12)13-11(14-10)16-2/h6,8H,3-5,7H2,1-2H3. The van der Waals surface area contributed by atoms with Gasteiger partial charge in [-0.25, -0.2) is 9.97 Å². The fourth-order valence-electron chi connectivity index (χ4n) is 2.01. The molecule has 0 saturated carbocycles. The van der Waals surface area contributed by atoms with Crippen LogP contribution in [0, 0.1) is 5.92 Å². The van der Waals surface area contributed by atoms with Crippen LogP contribution in [0.25, 0.3) is 0 Å². The Bertz CT molecular complexity index is 372. The minimum Gasteiger partial charge on any atom is -0.356 e. The Kier molecular flexibility index (Phi) is 3.92. The molecule has 0 aromatic carbocycles. The highest BCUT2D eigenvalue weighted by molar-refractivity contribution is 7.98. The fraction of sp³-hybridized carbons (Fsp3) is 0.636. The molecular formula is C11H16ClN3S. The Morgan fingerprint density at radius 3 is 3.00 bits per heavy atom. The molecule has 0 aliphatic carbocycles. The molecule has 0 radical (unpaired) electrons. The van der Waals surface area contributed by atoms with Crippen molar-refractivity contribution >= 4 is 29.2 Å². The van der Waals surface area contributed by atoms with Crippen molar-refractivity contribution in [1.82, 2.24) is 9.97 Å². The van der Waals surface area contributed by atoms with Crippen LogP contribution in [0.5, 0.6) is 0 Å².